The molecular weight excluding hydrogens is 216 g/mol. The van der Waals surface area contributed by atoms with Crippen LogP contribution in [0.3, 0.4) is 0 Å². The van der Waals surface area contributed by atoms with Crippen LogP contribution in [0, 0.1) is 17.8 Å². The SMILES string of the molecule is CCOCCCC1CC(CC)CCC1C(=O)O. The van der Waals surface area contributed by atoms with Crippen molar-refractivity contribution in [1.29, 1.82) is 0 Å². The molecule has 0 aromatic heterocycles. The Bertz CT molecular complexity index is 228. The van der Waals surface area contributed by atoms with Gasteiger partial charge in [0.25, 0.3) is 0 Å². The highest BCUT2D eigenvalue weighted by molar-refractivity contribution is 5.70. The third-order valence-corrected chi connectivity index (χ3v) is 4.05. The molecule has 1 aliphatic rings. The smallest absolute Gasteiger partial charge is 0.306 e. The van der Waals surface area contributed by atoms with Gasteiger partial charge in [-0.2, -0.15) is 0 Å². The first-order chi connectivity index (χ1) is 8.19. The van der Waals surface area contributed by atoms with E-state index in [1.807, 2.05) is 6.92 Å². The largest absolute Gasteiger partial charge is 0.481 e. The molecule has 3 unspecified atom stereocenters. The second-order valence-corrected chi connectivity index (χ2v) is 5.13. The first-order valence-corrected chi connectivity index (χ1v) is 6.99. The average molecular weight is 242 g/mol. The highest BCUT2D eigenvalue weighted by Crippen LogP contribution is 2.38. The Morgan fingerprint density at radius 2 is 2.12 bits per heavy atom. The molecule has 0 aromatic carbocycles. The lowest BCUT2D eigenvalue weighted by Gasteiger charge is -2.33. The molecule has 1 N–H and O–H groups in total. The molecule has 0 spiro atoms. The summed E-state index contributed by atoms with van der Waals surface area (Å²) in [4.78, 5) is 11.2. The van der Waals surface area contributed by atoms with Crippen molar-refractivity contribution in [2.75, 3.05) is 13.2 Å². The number of carbonyl (C=O) groups is 1. The summed E-state index contributed by atoms with van der Waals surface area (Å²) in [5.74, 6) is 0.398. The Kier molecular flexibility index (Phi) is 6.56. The number of hydrogen-bond donors (Lipinski definition) is 1. The Balaban J connectivity index is 2.40. The minimum atomic E-state index is -0.596. The zero-order valence-electron chi connectivity index (χ0n) is 11.2. The standard InChI is InChI=1S/C14H26O3/c1-3-11-7-8-13(14(15)16)12(10-11)6-5-9-17-4-2/h11-13H,3-10H2,1-2H3,(H,15,16). The Morgan fingerprint density at radius 3 is 2.71 bits per heavy atom. The first-order valence-electron chi connectivity index (χ1n) is 6.99. The lowest BCUT2D eigenvalue weighted by molar-refractivity contribution is -0.145. The molecule has 1 rings (SSSR count). The fourth-order valence-corrected chi connectivity index (χ4v) is 2.97. The number of carboxylic acids is 1. The zero-order chi connectivity index (χ0) is 12.7. The average Bonchev–Trinajstić information content (AvgIpc) is 2.34. The van der Waals surface area contributed by atoms with Gasteiger partial charge in [0, 0.05) is 13.2 Å². The van der Waals surface area contributed by atoms with Crippen LogP contribution in [0.1, 0.15) is 52.4 Å². The number of hydrogen-bond acceptors (Lipinski definition) is 2. The number of rotatable bonds is 7. The second-order valence-electron chi connectivity index (χ2n) is 5.13. The lowest BCUT2D eigenvalue weighted by atomic mass is 9.71. The van der Waals surface area contributed by atoms with Gasteiger partial charge >= 0.3 is 5.97 Å². The van der Waals surface area contributed by atoms with Gasteiger partial charge in [-0.3, -0.25) is 4.79 Å². The molecule has 1 fully saturated rings. The van der Waals surface area contributed by atoms with Crippen LogP contribution in [0.5, 0.6) is 0 Å². The van der Waals surface area contributed by atoms with Crippen LogP contribution in [-0.2, 0) is 9.53 Å². The summed E-state index contributed by atoms with van der Waals surface area (Å²) in [6.45, 7) is 5.73. The van der Waals surface area contributed by atoms with Crippen molar-refractivity contribution >= 4 is 5.97 Å². The van der Waals surface area contributed by atoms with E-state index in [4.69, 9.17) is 4.74 Å². The van der Waals surface area contributed by atoms with Gasteiger partial charge in [0.1, 0.15) is 0 Å². The van der Waals surface area contributed by atoms with Gasteiger partial charge in [0.15, 0.2) is 0 Å². The summed E-state index contributed by atoms with van der Waals surface area (Å²) in [5.41, 5.74) is 0. The number of ether oxygens (including phenoxy) is 1. The molecule has 3 nitrogen and oxygen atoms in total. The summed E-state index contributed by atoms with van der Waals surface area (Å²) in [5, 5.41) is 9.24. The van der Waals surface area contributed by atoms with Crippen LogP contribution in [0.15, 0.2) is 0 Å². The maximum absolute atomic E-state index is 11.2. The summed E-state index contributed by atoms with van der Waals surface area (Å²) >= 11 is 0. The fraction of sp³-hybridized carbons (Fsp3) is 0.929. The molecule has 0 radical (unpaired) electrons. The van der Waals surface area contributed by atoms with E-state index in [2.05, 4.69) is 6.92 Å². The van der Waals surface area contributed by atoms with Gasteiger partial charge < -0.3 is 9.84 Å². The topological polar surface area (TPSA) is 46.5 Å². The zero-order valence-corrected chi connectivity index (χ0v) is 11.2. The van der Waals surface area contributed by atoms with Crippen molar-refractivity contribution in [3.05, 3.63) is 0 Å². The summed E-state index contributed by atoms with van der Waals surface area (Å²) in [7, 11) is 0. The quantitative estimate of drug-likeness (QED) is 0.696. The van der Waals surface area contributed by atoms with Crippen LogP contribution in [0.4, 0.5) is 0 Å². The molecule has 0 aromatic rings. The maximum Gasteiger partial charge on any atom is 0.306 e. The van der Waals surface area contributed by atoms with Gasteiger partial charge in [0.2, 0.25) is 0 Å². The minimum absolute atomic E-state index is 0.112. The van der Waals surface area contributed by atoms with E-state index in [0.29, 0.717) is 5.92 Å². The maximum atomic E-state index is 11.2. The number of carboxylic acid groups (broad SMARTS) is 1. The molecule has 17 heavy (non-hydrogen) atoms. The molecule has 3 atom stereocenters. The molecule has 0 heterocycles. The molecule has 1 aliphatic carbocycles. The predicted octanol–water partition coefficient (Wildman–Crippen LogP) is 3.33. The van der Waals surface area contributed by atoms with Crippen molar-refractivity contribution < 1.29 is 14.6 Å². The monoisotopic (exact) mass is 242 g/mol. The van der Waals surface area contributed by atoms with E-state index in [1.54, 1.807) is 0 Å². The van der Waals surface area contributed by atoms with E-state index in [9.17, 15) is 9.90 Å². The normalized spacial score (nSPS) is 29.2. The van der Waals surface area contributed by atoms with E-state index in [1.165, 1.54) is 6.42 Å². The minimum Gasteiger partial charge on any atom is -0.481 e. The molecular formula is C14H26O3. The van der Waals surface area contributed by atoms with Gasteiger partial charge in [-0.25, -0.2) is 0 Å². The summed E-state index contributed by atoms with van der Waals surface area (Å²) in [6, 6.07) is 0. The lowest BCUT2D eigenvalue weighted by Crippen LogP contribution is -2.30. The molecule has 100 valence electrons. The Morgan fingerprint density at radius 1 is 1.35 bits per heavy atom. The second kappa shape index (κ2) is 7.70. The van der Waals surface area contributed by atoms with E-state index >= 15 is 0 Å². The molecule has 0 amide bonds. The highest BCUT2D eigenvalue weighted by Gasteiger charge is 2.33. The summed E-state index contributed by atoms with van der Waals surface area (Å²) < 4.78 is 5.33. The molecule has 0 aliphatic heterocycles. The fourth-order valence-electron chi connectivity index (χ4n) is 2.97. The van der Waals surface area contributed by atoms with Gasteiger partial charge in [0.05, 0.1) is 5.92 Å². The summed E-state index contributed by atoms with van der Waals surface area (Å²) in [6.07, 6.45) is 6.25. The molecule has 3 heteroatoms. The van der Waals surface area contributed by atoms with Crippen molar-refractivity contribution in [2.24, 2.45) is 17.8 Å². The van der Waals surface area contributed by atoms with E-state index in [0.717, 1.165) is 51.2 Å². The van der Waals surface area contributed by atoms with Crippen LogP contribution in [-0.4, -0.2) is 24.3 Å². The van der Waals surface area contributed by atoms with Crippen molar-refractivity contribution in [3.8, 4) is 0 Å². The van der Waals surface area contributed by atoms with Crippen LogP contribution in [0.25, 0.3) is 0 Å². The predicted molar refractivity (Wildman–Crippen MR) is 68.0 cm³/mol. The van der Waals surface area contributed by atoms with Gasteiger partial charge in [-0.1, -0.05) is 13.3 Å². The third-order valence-electron chi connectivity index (χ3n) is 4.05. The van der Waals surface area contributed by atoms with Gasteiger partial charge in [-0.15, -0.1) is 0 Å². The van der Waals surface area contributed by atoms with E-state index < -0.39 is 5.97 Å². The molecule has 0 bridgehead atoms. The van der Waals surface area contributed by atoms with Crippen molar-refractivity contribution in [2.45, 2.75) is 52.4 Å². The third kappa shape index (κ3) is 4.66. The van der Waals surface area contributed by atoms with Crippen LogP contribution < -0.4 is 0 Å². The van der Waals surface area contributed by atoms with E-state index in [-0.39, 0.29) is 5.92 Å². The Labute approximate surface area is 105 Å². The molecule has 0 saturated heterocycles. The van der Waals surface area contributed by atoms with Crippen LogP contribution >= 0.6 is 0 Å². The number of aliphatic carboxylic acids is 1. The first kappa shape index (κ1) is 14.5. The highest BCUT2D eigenvalue weighted by atomic mass is 16.5. The van der Waals surface area contributed by atoms with Gasteiger partial charge in [-0.05, 0) is 50.9 Å². The van der Waals surface area contributed by atoms with Crippen molar-refractivity contribution in [3.63, 3.8) is 0 Å². The molecule has 1 saturated carbocycles. The van der Waals surface area contributed by atoms with Crippen LogP contribution in [0.2, 0.25) is 0 Å². The Hall–Kier alpha value is -0.570. The van der Waals surface area contributed by atoms with Crippen molar-refractivity contribution in [1.82, 2.24) is 0 Å².